The highest BCUT2D eigenvalue weighted by Gasteiger charge is 2.11. The maximum absolute atomic E-state index is 2.39. The van der Waals surface area contributed by atoms with Gasteiger partial charge in [0.25, 0.3) is 0 Å². The number of hydrogen-bond donors (Lipinski definition) is 0. The summed E-state index contributed by atoms with van der Waals surface area (Å²) in [5.41, 5.74) is 3.02. The minimum atomic E-state index is 1.11. The minimum absolute atomic E-state index is 1.11. The normalized spacial score (nSPS) is 17.9. The topological polar surface area (TPSA) is 3.24 Å². The summed E-state index contributed by atoms with van der Waals surface area (Å²) in [6.07, 6.45) is 1.21. The molecule has 11 heavy (non-hydrogen) atoms. The molecule has 1 aliphatic heterocycles. The van der Waals surface area contributed by atoms with Crippen molar-refractivity contribution in [3.05, 3.63) is 35.4 Å². The van der Waals surface area contributed by atoms with E-state index in [9.17, 15) is 0 Å². The van der Waals surface area contributed by atoms with E-state index in [2.05, 4.69) is 50.2 Å². The predicted octanol–water partition coefficient (Wildman–Crippen LogP) is 2.39. The Morgan fingerprint density at radius 1 is 1.18 bits per heavy atom. The van der Waals surface area contributed by atoms with Crippen LogP contribution in [0.2, 0.25) is 0 Å². The average molecular weight is 259 g/mol. The molecule has 1 aromatic rings. The van der Waals surface area contributed by atoms with Crippen LogP contribution in [-0.4, -0.2) is 9.66 Å². The zero-order valence-corrected chi connectivity index (χ0v) is 8.41. The lowest BCUT2D eigenvalue weighted by molar-refractivity contribution is 0.481. The number of rotatable bonds is 0. The van der Waals surface area contributed by atoms with Crippen molar-refractivity contribution in [1.29, 1.82) is 0 Å². The number of hydrogen-bond acceptors (Lipinski definition) is 1. The maximum atomic E-state index is 2.39. The molecule has 1 aromatic carbocycles. The van der Waals surface area contributed by atoms with E-state index in [1.807, 2.05) is 0 Å². The molecule has 0 saturated carbocycles. The Bertz CT molecular complexity index is 259. The summed E-state index contributed by atoms with van der Waals surface area (Å²) >= 11 is 2.39. The molecule has 0 amide bonds. The summed E-state index contributed by atoms with van der Waals surface area (Å²) in [4.78, 5) is 0. The van der Waals surface area contributed by atoms with Crippen molar-refractivity contribution < 1.29 is 0 Å². The van der Waals surface area contributed by atoms with Gasteiger partial charge in [0.05, 0.1) is 0 Å². The van der Waals surface area contributed by atoms with Crippen molar-refractivity contribution >= 4 is 22.9 Å². The number of fused-ring (bicyclic) bond motifs is 1. The van der Waals surface area contributed by atoms with Gasteiger partial charge in [-0.25, -0.2) is 3.11 Å². The van der Waals surface area contributed by atoms with Gasteiger partial charge < -0.3 is 0 Å². The molecule has 1 nitrogen and oxygen atoms in total. The molecule has 0 spiro atoms. The highest BCUT2D eigenvalue weighted by atomic mass is 127. The second-order valence-corrected chi connectivity index (χ2v) is 4.23. The fourth-order valence-electron chi connectivity index (χ4n) is 1.46. The largest absolute Gasteiger partial charge is 0.243 e. The quantitative estimate of drug-likeness (QED) is 0.510. The standard InChI is InChI=1S/C9H10IN/c10-11-6-5-8-3-1-2-4-9(8)7-11/h1-4H,5-7H2. The summed E-state index contributed by atoms with van der Waals surface area (Å²) in [5.74, 6) is 0. The van der Waals surface area contributed by atoms with E-state index in [1.54, 1.807) is 0 Å². The molecule has 0 unspecified atom stereocenters. The van der Waals surface area contributed by atoms with Crippen LogP contribution in [-0.2, 0) is 13.0 Å². The minimum Gasteiger partial charge on any atom is -0.243 e. The van der Waals surface area contributed by atoms with Crippen LogP contribution in [0, 0.1) is 0 Å². The first-order chi connectivity index (χ1) is 5.36. The van der Waals surface area contributed by atoms with E-state index in [4.69, 9.17) is 0 Å². The van der Waals surface area contributed by atoms with Crippen molar-refractivity contribution in [3.8, 4) is 0 Å². The van der Waals surface area contributed by atoms with Crippen LogP contribution in [0.1, 0.15) is 11.1 Å². The lowest BCUT2D eigenvalue weighted by atomic mass is 10.0. The van der Waals surface area contributed by atoms with E-state index in [-0.39, 0.29) is 0 Å². The number of nitrogens with zero attached hydrogens (tertiary/aromatic N) is 1. The molecule has 2 rings (SSSR count). The van der Waals surface area contributed by atoms with Gasteiger partial charge in [-0.2, -0.15) is 0 Å². The fraction of sp³-hybridized carbons (Fsp3) is 0.333. The third-order valence-electron chi connectivity index (χ3n) is 2.08. The third kappa shape index (κ3) is 1.56. The SMILES string of the molecule is IN1CCc2ccccc2C1. The van der Waals surface area contributed by atoms with E-state index in [0.717, 1.165) is 6.54 Å². The molecule has 0 aromatic heterocycles. The zero-order valence-electron chi connectivity index (χ0n) is 6.26. The smallest absolute Gasteiger partial charge is 0.0335 e. The second kappa shape index (κ2) is 3.11. The molecule has 1 aliphatic rings. The van der Waals surface area contributed by atoms with Crippen molar-refractivity contribution in [3.63, 3.8) is 0 Å². The fourth-order valence-corrected chi connectivity index (χ4v) is 2.07. The Morgan fingerprint density at radius 3 is 2.73 bits per heavy atom. The first kappa shape index (κ1) is 7.55. The Labute approximate surface area is 80.9 Å². The monoisotopic (exact) mass is 259 g/mol. The zero-order chi connectivity index (χ0) is 7.68. The lowest BCUT2D eigenvalue weighted by Crippen LogP contribution is -2.21. The molecule has 0 atom stereocenters. The maximum Gasteiger partial charge on any atom is 0.0335 e. The molecule has 0 N–H and O–H groups in total. The van der Waals surface area contributed by atoms with Gasteiger partial charge in [0, 0.05) is 36.0 Å². The van der Waals surface area contributed by atoms with Crippen molar-refractivity contribution in [2.75, 3.05) is 6.54 Å². The molecular formula is C9H10IN. The average Bonchev–Trinajstić information content (AvgIpc) is 2.04. The molecule has 0 fully saturated rings. The van der Waals surface area contributed by atoms with Gasteiger partial charge in [-0.15, -0.1) is 0 Å². The summed E-state index contributed by atoms with van der Waals surface area (Å²) in [6.45, 7) is 2.30. The van der Waals surface area contributed by atoms with Crippen LogP contribution in [0.15, 0.2) is 24.3 Å². The van der Waals surface area contributed by atoms with Gasteiger partial charge >= 0.3 is 0 Å². The summed E-state index contributed by atoms with van der Waals surface area (Å²) in [6, 6.07) is 8.70. The van der Waals surface area contributed by atoms with Crippen LogP contribution in [0.25, 0.3) is 0 Å². The third-order valence-corrected chi connectivity index (χ3v) is 2.91. The van der Waals surface area contributed by atoms with Crippen LogP contribution >= 0.6 is 22.9 Å². The number of benzene rings is 1. The van der Waals surface area contributed by atoms with Crippen molar-refractivity contribution in [2.45, 2.75) is 13.0 Å². The molecular weight excluding hydrogens is 249 g/mol. The molecule has 1 heterocycles. The van der Waals surface area contributed by atoms with E-state index < -0.39 is 0 Å². The first-order valence-electron chi connectivity index (χ1n) is 3.84. The Hall–Kier alpha value is -0.0900. The number of halogens is 1. The van der Waals surface area contributed by atoms with Crippen LogP contribution in [0.3, 0.4) is 0 Å². The van der Waals surface area contributed by atoms with E-state index >= 15 is 0 Å². The predicted molar refractivity (Wildman–Crippen MR) is 54.6 cm³/mol. The van der Waals surface area contributed by atoms with E-state index in [1.165, 1.54) is 24.1 Å². The van der Waals surface area contributed by atoms with Gasteiger partial charge in [-0.05, 0) is 17.5 Å². The van der Waals surface area contributed by atoms with E-state index in [0.29, 0.717) is 0 Å². The molecule has 0 bridgehead atoms. The van der Waals surface area contributed by atoms with Crippen LogP contribution < -0.4 is 0 Å². The lowest BCUT2D eigenvalue weighted by Gasteiger charge is -2.22. The Morgan fingerprint density at radius 2 is 1.91 bits per heavy atom. The molecule has 0 saturated heterocycles. The Kier molecular flexibility index (Phi) is 2.13. The van der Waals surface area contributed by atoms with Gasteiger partial charge in [0.1, 0.15) is 0 Å². The highest BCUT2D eigenvalue weighted by molar-refractivity contribution is 14.1. The van der Waals surface area contributed by atoms with Gasteiger partial charge in [0.15, 0.2) is 0 Å². The summed E-state index contributed by atoms with van der Waals surface area (Å²) < 4.78 is 2.33. The summed E-state index contributed by atoms with van der Waals surface area (Å²) in [5, 5.41) is 0. The second-order valence-electron chi connectivity index (χ2n) is 2.86. The molecule has 2 heteroatoms. The molecule has 0 aliphatic carbocycles. The first-order valence-corrected chi connectivity index (χ1v) is 4.80. The summed E-state index contributed by atoms with van der Waals surface area (Å²) in [7, 11) is 0. The van der Waals surface area contributed by atoms with Gasteiger partial charge in [-0.3, -0.25) is 0 Å². The van der Waals surface area contributed by atoms with Crippen LogP contribution in [0.4, 0.5) is 0 Å². The highest BCUT2D eigenvalue weighted by Crippen LogP contribution is 2.20. The molecule has 58 valence electrons. The van der Waals surface area contributed by atoms with Gasteiger partial charge in [0.2, 0.25) is 0 Å². The Balaban J connectivity index is 2.34. The van der Waals surface area contributed by atoms with Gasteiger partial charge in [-0.1, -0.05) is 24.3 Å². The van der Waals surface area contributed by atoms with Crippen molar-refractivity contribution in [2.24, 2.45) is 0 Å². The van der Waals surface area contributed by atoms with Crippen LogP contribution in [0.5, 0.6) is 0 Å². The van der Waals surface area contributed by atoms with Crippen molar-refractivity contribution in [1.82, 2.24) is 3.11 Å². The molecule has 0 radical (unpaired) electrons.